The summed E-state index contributed by atoms with van der Waals surface area (Å²) in [7, 11) is 0. The Hall–Kier alpha value is -0.240. The molecule has 1 aromatic carbocycles. The zero-order valence-corrected chi connectivity index (χ0v) is 14.6. The third kappa shape index (κ3) is 6.03. The highest BCUT2D eigenvalue weighted by Crippen LogP contribution is 2.28. The molecule has 20 heavy (non-hydrogen) atoms. The normalized spacial score (nSPS) is 14.6. The Labute approximate surface area is 134 Å². The largest absolute Gasteiger partial charge is 0.307 e. The van der Waals surface area contributed by atoms with Crippen molar-refractivity contribution in [3.05, 3.63) is 33.8 Å². The minimum absolute atomic E-state index is 0.300. The second kappa shape index (κ2) is 8.92. The smallest absolute Gasteiger partial charge is 0.0468 e. The molecule has 3 heteroatoms. The van der Waals surface area contributed by atoms with E-state index in [1.807, 2.05) is 18.2 Å². The van der Waals surface area contributed by atoms with E-state index in [1.54, 1.807) is 0 Å². The first kappa shape index (κ1) is 17.8. The zero-order valence-electron chi connectivity index (χ0n) is 13.0. The molecule has 0 heterocycles. The highest BCUT2D eigenvalue weighted by molar-refractivity contribution is 6.35. The number of hydrogen-bond donors (Lipinski definition) is 1. The van der Waals surface area contributed by atoms with Crippen LogP contribution in [0.1, 0.15) is 65.0 Å². The van der Waals surface area contributed by atoms with Crippen LogP contribution in [0.2, 0.25) is 10.0 Å². The van der Waals surface area contributed by atoms with Crippen molar-refractivity contribution in [2.75, 3.05) is 0 Å². The van der Waals surface area contributed by atoms with Crippen molar-refractivity contribution >= 4 is 23.2 Å². The molecule has 114 valence electrons. The fourth-order valence-corrected chi connectivity index (χ4v) is 3.01. The van der Waals surface area contributed by atoms with Gasteiger partial charge in [-0.2, -0.15) is 0 Å². The molecule has 1 rings (SSSR count). The Morgan fingerprint density at radius 3 is 2.35 bits per heavy atom. The van der Waals surface area contributed by atoms with Crippen molar-refractivity contribution in [3.63, 3.8) is 0 Å². The summed E-state index contributed by atoms with van der Waals surface area (Å²) >= 11 is 12.3. The van der Waals surface area contributed by atoms with E-state index >= 15 is 0 Å². The first-order valence-corrected chi connectivity index (χ1v) is 8.40. The predicted octanol–water partition coefficient (Wildman–Crippen LogP) is 6.25. The van der Waals surface area contributed by atoms with E-state index in [1.165, 1.54) is 19.3 Å². The van der Waals surface area contributed by atoms with Gasteiger partial charge in [-0.15, -0.1) is 0 Å². The monoisotopic (exact) mass is 315 g/mol. The Balaban J connectivity index is 2.58. The standard InChI is InChI=1S/C17H27Cl2N/c1-5-17(15-10-9-14(18)11-16(15)19)20-13(4)8-6-7-12(2)3/h9-13,17,20H,5-8H2,1-4H3. The molecule has 0 saturated carbocycles. The van der Waals surface area contributed by atoms with Gasteiger partial charge in [0.05, 0.1) is 0 Å². The molecule has 2 unspecified atom stereocenters. The Morgan fingerprint density at radius 1 is 1.10 bits per heavy atom. The van der Waals surface area contributed by atoms with Crippen LogP contribution >= 0.6 is 23.2 Å². The van der Waals surface area contributed by atoms with E-state index in [0.717, 1.165) is 22.9 Å². The lowest BCUT2D eigenvalue weighted by molar-refractivity contribution is 0.404. The molecule has 2 atom stereocenters. The zero-order chi connectivity index (χ0) is 15.1. The third-order valence-electron chi connectivity index (χ3n) is 3.65. The molecule has 0 aliphatic carbocycles. The van der Waals surface area contributed by atoms with Gasteiger partial charge in [-0.25, -0.2) is 0 Å². The summed E-state index contributed by atoms with van der Waals surface area (Å²) in [5.41, 5.74) is 1.15. The number of hydrogen-bond acceptors (Lipinski definition) is 1. The van der Waals surface area contributed by atoms with Gasteiger partial charge in [-0.05, 0) is 43.4 Å². The van der Waals surface area contributed by atoms with E-state index < -0.39 is 0 Å². The minimum atomic E-state index is 0.300. The van der Waals surface area contributed by atoms with Crippen LogP contribution < -0.4 is 5.32 Å². The molecule has 1 aromatic rings. The summed E-state index contributed by atoms with van der Waals surface area (Å²) in [6, 6.07) is 6.58. The van der Waals surface area contributed by atoms with Crippen molar-refractivity contribution in [2.45, 2.75) is 65.5 Å². The van der Waals surface area contributed by atoms with Crippen LogP contribution in [0.25, 0.3) is 0 Å². The molecule has 0 aliphatic heterocycles. The Bertz CT molecular complexity index is 404. The van der Waals surface area contributed by atoms with Crippen LogP contribution in [0, 0.1) is 5.92 Å². The highest BCUT2D eigenvalue weighted by Gasteiger charge is 2.15. The summed E-state index contributed by atoms with van der Waals surface area (Å²) in [5, 5.41) is 5.14. The molecular weight excluding hydrogens is 289 g/mol. The van der Waals surface area contributed by atoms with Gasteiger partial charge in [0.15, 0.2) is 0 Å². The topological polar surface area (TPSA) is 12.0 Å². The Kier molecular flexibility index (Phi) is 7.94. The van der Waals surface area contributed by atoms with Crippen molar-refractivity contribution < 1.29 is 0 Å². The van der Waals surface area contributed by atoms with E-state index in [4.69, 9.17) is 23.2 Å². The lowest BCUT2D eigenvalue weighted by Crippen LogP contribution is -2.30. The van der Waals surface area contributed by atoms with Gasteiger partial charge in [0, 0.05) is 22.1 Å². The van der Waals surface area contributed by atoms with Gasteiger partial charge in [0.1, 0.15) is 0 Å². The lowest BCUT2D eigenvalue weighted by atomic mass is 10.0. The molecule has 0 fully saturated rings. The summed E-state index contributed by atoms with van der Waals surface area (Å²) in [5.74, 6) is 0.787. The van der Waals surface area contributed by atoms with E-state index in [2.05, 4.69) is 33.0 Å². The van der Waals surface area contributed by atoms with Crippen LogP contribution in [0.3, 0.4) is 0 Å². The van der Waals surface area contributed by atoms with Gasteiger partial charge >= 0.3 is 0 Å². The lowest BCUT2D eigenvalue weighted by Gasteiger charge is -2.24. The van der Waals surface area contributed by atoms with Crippen molar-refractivity contribution in [1.82, 2.24) is 5.32 Å². The van der Waals surface area contributed by atoms with Gasteiger partial charge in [-0.1, -0.05) is 62.9 Å². The molecular formula is C17H27Cl2N. The first-order chi connectivity index (χ1) is 9.43. The second-order valence-corrected chi connectivity index (χ2v) is 6.86. The number of nitrogens with one attached hydrogen (secondary N) is 1. The summed E-state index contributed by atoms with van der Waals surface area (Å²) in [4.78, 5) is 0. The summed E-state index contributed by atoms with van der Waals surface area (Å²) < 4.78 is 0. The van der Waals surface area contributed by atoms with Crippen LogP contribution in [-0.2, 0) is 0 Å². The molecule has 1 N–H and O–H groups in total. The molecule has 0 bridgehead atoms. The average molecular weight is 316 g/mol. The Morgan fingerprint density at radius 2 is 1.80 bits per heavy atom. The molecule has 0 spiro atoms. The van der Waals surface area contributed by atoms with Gasteiger partial charge < -0.3 is 5.32 Å². The maximum Gasteiger partial charge on any atom is 0.0468 e. The fourth-order valence-electron chi connectivity index (χ4n) is 2.47. The van der Waals surface area contributed by atoms with E-state index in [-0.39, 0.29) is 0 Å². The van der Waals surface area contributed by atoms with Gasteiger partial charge in [0.25, 0.3) is 0 Å². The van der Waals surface area contributed by atoms with Crippen molar-refractivity contribution in [3.8, 4) is 0 Å². The van der Waals surface area contributed by atoms with Crippen molar-refractivity contribution in [1.29, 1.82) is 0 Å². The van der Waals surface area contributed by atoms with Crippen LogP contribution in [0.15, 0.2) is 18.2 Å². The van der Waals surface area contributed by atoms with Crippen LogP contribution in [0.4, 0.5) is 0 Å². The quantitative estimate of drug-likeness (QED) is 0.598. The molecule has 1 nitrogen and oxygen atoms in total. The summed E-state index contributed by atoms with van der Waals surface area (Å²) in [6.45, 7) is 9.00. The predicted molar refractivity (Wildman–Crippen MR) is 90.8 cm³/mol. The highest BCUT2D eigenvalue weighted by atomic mass is 35.5. The van der Waals surface area contributed by atoms with Crippen LogP contribution in [0.5, 0.6) is 0 Å². The number of rotatable bonds is 8. The van der Waals surface area contributed by atoms with E-state index in [9.17, 15) is 0 Å². The maximum absolute atomic E-state index is 6.31. The average Bonchev–Trinajstić information content (AvgIpc) is 2.36. The van der Waals surface area contributed by atoms with Crippen LogP contribution in [-0.4, -0.2) is 6.04 Å². The number of halogens is 2. The molecule has 0 amide bonds. The van der Waals surface area contributed by atoms with Gasteiger partial charge in [-0.3, -0.25) is 0 Å². The van der Waals surface area contributed by atoms with Crippen molar-refractivity contribution in [2.24, 2.45) is 5.92 Å². The fraction of sp³-hybridized carbons (Fsp3) is 0.647. The molecule has 0 radical (unpaired) electrons. The summed E-state index contributed by atoms with van der Waals surface area (Å²) in [6.07, 6.45) is 4.80. The number of benzene rings is 1. The molecule has 0 aromatic heterocycles. The SMILES string of the molecule is CCC(NC(C)CCCC(C)C)c1ccc(Cl)cc1Cl. The third-order valence-corrected chi connectivity index (χ3v) is 4.21. The van der Waals surface area contributed by atoms with Gasteiger partial charge in [0.2, 0.25) is 0 Å². The second-order valence-electron chi connectivity index (χ2n) is 6.02. The van der Waals surface area contributed by atoms with E-state index in [0.29, 0.717) is 17.1 Å². The first-order valence-electron chi connectivity index (χ1n) is 7.65. The molecule has 0 aliphatic rings. The molecule has 0 saturated heterocycles. The minimum Gasteiger partial charge on any atom is -0.307 e. The maximum atomic E-state index is 6.31.